The number of aromatic nitrogens is 1. The molecule has 18 heavy (non-hydrogen) atoms. The summed E-state index contributed by atoms with van der Waals surface area (Å²) in [5.74, 6) is 0. The number of fused-ring (bicyclic) bond motifs is 1. The Morgan fingerprint density at radius 3 is 2.83 bits per heavy atom. The van der Waals surface area contributed by atoms with Gasteiger partial charge in [-0.1, -0.05) is 18.2 Å². The summed E-state index contributed by atoms with van der Waals surface area (Å²) in [7, 11) is 1.66. The minimum Gasteiger partial charge on any atom is -0.385 e. The van der Waals surface area contributed by atoms with Crippen molar-refractivity contribution in [3.05, 3.63) is 46.2 Å². The molecule has 4 nitrogen and oxygen atoms in total. The molecule has 0 spiro atoms. The molecule has 1 heterocycles. The van der Waals surface area contributed by atoms with Gasteiger partial charge in [0.2, 0.25) is 0 Å². The van der Waals surface area contributed by atoms with Crippen LogP contribution >= 0.6 is 0 Å². The van der Waals surface area contributed by atoms with Crippen molar-refractivity contribution in [3.8, 4) is 0 Å². The standard InChI is InChI=1S/C14H18N2O2/c1-18-8-4-7-16-13-6-3-2-5-11(13)9-12(10-15)14(16)17/h2-3,5-6,9H,4,7-8,10,15H2,1H3. The van der Waals surface area contributed by atoms with Gasteiger partial charge in [-0.2, -0.15) is 0 Å². The van der Waals surface area contributed by atoms with Gasteiger partial charge in [0, 0.05) is 32.4 Å². The van der Waals surface area contributed by atoms with Crippen molar-refractivity contribution in [1.29, 1.82) is 0 Å². The summed E-state index contributed by atoms with van der Waals surface area (Å²) in [6.45, 7) is 1.57. The SMILES string of the molecule is COCCCn1c(=O)c(CN)cc2ccccc21. The zero-order valence-corrected chi connectivity index (χ0v) is 10.6. The molecule has 4 heteroatoms. The first-order valence-electron chi connectivity index (χ1n) is 6.08. The van der Waals surface area contributed by atoms with Gasteiger partial charge in [-0.05, 0) is 23.9 Å². The lowest BCUT2D eigenvalue weighted by atomic mass is 10.1. The van der Waals surface area contributed by atoms with E-state index >= 15 is 0 Å². The summed E-state index contributed by atoms with van der Waals surface area (Å²) in [4.78, 5) is 12.3. The van der Waals surface area contributed by atoms with Crippen molar-refractivity contribution in [2.24, 2.45) is 5.73 Å². The number of ether oxygens (including phenoxy) is 1. The normalized spacial score (nSPS) is 11.0. The molecule has 0 atom stereocenters. The quantitative estimate of drug-likeness (QED) is 0.813. The van der Waals surface area contributed by atoms with Gasteiger partial charge < -0.3 is 15.0 Å². The highest BCUT2D eigenvalue weighted by atomic mass is 16.5. The van der Waals surface area contributed by atoms with Crippen LogP contribution in [0.25, 0.3) is 10.9 Å². The molecule has 0 saturated heterocycles. The molecule has 0 fully saturated rings. The summed E-state index contributed by atoms with van der Waals surface area (Å²) in [5.41, 5.74) is 7.25. The first-order valence-corrected chi connectivity index (χ1v) is 6.08. The zero-order valence-electron chi connectivity index (χ0n) is 10.6. The lowest BCUT2D eigenvalue weighted by Gasteiger charge is -2.12. The van der Waals surface area contributed by atoms with Crippen LogP contribution in [0, 0.1) is 0 Å². The van der Waals surface area contributed by atoms with Crippen LogP contribution in [0.2, 0.25) is 0 Å². The molecule has 0 unspecified atom stereocenters. The van der Waals surface area contributed by atoms with Crippen molar-refractivity contribution in [3.63, 3.8) is 0 Å². The number of hydrogen-bond donors (Lipinski definition) is 1. The molecular weight excluding hydrogens is 228 g/mol. The van der Waals surface area contributed by atoms with Gasteiger partial charge in [-0.15, -0.1) is 0 Å². The predicted octanol–water partition coefficient (Wildman–Crippen LogP) is 1.50. The second kappa shape index (κ2) is 5.80. The number of nitrogens with zero attached hydrogens (tertiary/aromatic N) is 1. The number of hydrogen-bond acceptors (Lipinski definition) is 3. The maximum absolute atomic E-state index is 12.3. The van der Waals surface area contributed by atoms with E-state index in [4.69, 9.17) is 10.5 Å². The largest absolute Gasteiger partial charge is 0.385 e. The van der Waals surface area contributed by atoms with E-state index in [1.54, 1.807) is 11.7 Å². The number of para-hydroxylation sites is 1. The van der Waals surface area contributed by atoms with E-state index < -0.39 is 0 Å². The lowest BCUT2D eigenvalue weighted by Crippen LogP contribution is -2.26. The summed E-state index contributed by atoms with van der Waals surface area (Å²) in [5, 5.41) is 1.05. The first-order chi connectivity index (χ1) is 8.77. The van der Waals surface area contributed by atoms with Gasteiger partial charge >= 0.3 is 0 Å². The molecule has 1 aromatic carbocycles. The molecular formula is C14H18N2O2. The fraction of sp³-hybridized carbons (Fsp3) is 0.357. The van der Waals surface area contributed by atoms with Crippen molar-refractivity contribution < 1.29 is 4.74 Å². The van der Waals surface area contributed by atoms with Gasteiger partial charge in [0.05, 0.1) is 5.52 Å². The lowest BCUT2D eigenvalue weighted by molar-refractivity contribution is 0.190. The van der Waals surface area contributed by atoms with Crippen LogP contribution in [0.1, 0.15) is 12.0 Å². The van der Waals surface area contributed by atoms with E-state index in [1.807, 2.05) is 30.3 Å². The third-order valence-electron chi connectivity index (χ3n) is 3.03. The van der Waals surface area contributed by atoms with Crippen LogP contribution in [0.15, 0.2) is 35.1 Å². The van der Waals surface area contributed by atoms with E-state index in [-0.39, 0.29) is 12.1 Å². The molecule has 0 bridgehead atoms. The number of benzene rings is 1. The van der Waals surface area contributed by atoms with Gasteiger partial charge in [0.25, 0.3) is 5.56 Å². The van der Waals surface area contributed by atoms with Gasteiger partial charge in [-0.3, -0.25) is 4.79 Å². The highest BCUT2D eigenvalue weighted by molar-refractivity contribution is 5.79. The van der Waals surface area contributed by atoms with E-state index in [9.17, 15) is 4.79 Å². The van der Waals surface area contributed by atoms with Crippen molar-refractivity contribution in [2.75, 3.05) is 13.7 Å². The Morgan fingerprint density at radius 1 is 1.33 bits per heavy atom. The molecule has 2 aromatic rings. The van der Waals surface area contributed by atoms with Crippen LogP contribution in [0.3, 0.4) is 0 Å². The third kappa shape index (κ3) is 2.44. The second-order valence-corrected chi connectivity index (χ2v) is 4.24. The van der Waals surface area contributed by atoms with Gasteiger partial charge in [-0.25, -0.2) is 0 Å². The number of pyridine rings is 1. The summed E-state index contributed by atoms with van der Waals surface area (Å²) in [6.07, 6.45) is 0.814. The smallest absolute Gasteiger partial charge is 0.255 e. The first kappa shape index (κ1) is 12.8. The Morgan fingerprint density at radius 2 is 2.11 bits per heavy atom. The molecule has 0 aliphatic heterocycles. The molecule has 2 rings (SSSR count). The van der Waals surface area contributed by atoms with E-state index in [0.717, 1.165) is 17.3 Å². The summed E-state index contributed by atoms with van der Waals surface area (Å²) < 4.78 is 6.82. The van der Waals surface area contributed by atoms with Crippen molar-refractivity contribution in [1.82, 2.24) is 4.57 Å². The Bertz CT molecular complexity index is 590. The summed E-state index contributed by atoms with van der Waals surface area (Å²) >= 11 is 0. The second-order valence-electron chi connectivity index (χ2n) is 4.24. The molecule has 96 valence electrons. The Kier molecular flexibility index (Phi) is 4.12. The fourth-order valence-electron chi connectivity index (χ4n) is 2.12. The average Bonchev–Trinajstić information content (AvgIpc) is 2.41. The molecule has 2 N–H and O–H groups in total. The molecule has 0 aliphatic carbocycles. The maximum Gasteiger partial charge on any atom is 0.255 e. The third-order valence-corrected chi connectivity index (χ3v) is 3.03. The number of aryl methyl sites for hydroxylation is 1. The van der Waals surface area contributed by atoms with E-state index in [0.29, 0.717) is 18.7 Å². The Hall–Kier alpha value is -1.65. The Balaban J connectivity index is 2.52. The topological polar surface area (TPSA) is 57.2 Å². The number of rotatable bonds is 5. The molecule has 0 radical (unpaired) electrons. The van der Waals surface area contributed by atoms with Crippen LogP contribution in [-0.2, 0) is 17.8 Å². The van der Waals surface area contributed by atoms with Crippen molar-refractivity contribution >= 4 is 10.9 Å². The monoisotopic (exact) mass is 246 g/mol. The zero-order chi connectivity index (χ0) is 13.0. The highest BCUT2D eigenvalue weighted by Crippen LogP contribution is 2.13. The van der Waals surface area contributed by atoms with Crippen LogP contribution < -0.4 is 11.3 Å². The number of nitrogens with two attached hydrogens (primary N) is 1. The number of methoxy groups -OCH3 is 1. The molecule has 0 saturated carbocycles. The molecule has 1 aromatic heterocycles. The Labute approximate surface area is 106 Å². The summed E-state index contributed by atoms with van der Waals surface area (Å²) in [6, 6.07) is 9.75. The maximum atomic E-state index is 12.3. The van der Waals surface area contributed by atoms with E-state index in [2.05, 4.69) is 0 Å². The molecule has 0 amide bonds. The van der Waals surface area contributed by atoms with Crippen LogP contribution in [-0.4, -0.2) is 18.3 Å². The van der Waals surface area contributed by atoms with Crippen LogP contribution in [0.4, 0.5) is 0 Å². The van der Waals surface area contributed by atoms with Gasteiger partial charge in [0.15, 0.2) is 0 Å². The highest BCUT2D eigenvalue weighted by Gasteiger charge is 2.07. The fourth-order valence-corrected chi connectivity index (χ4v) is 2.12. The van der Waals surface area contributed by atoms with Gasteiger partial charge in [0.1, 0.15) is 0 Å². The average molecular weight is 246 g/mol. The van der Waals surface area contributed by atoms with Crippen LogP contribution in [0.5, 0.6) is 0 Å². The van der Waals surface area contributed by atoms with Crippen molar-refractivity contribution in [2.45, 2.75) is 19.5 Å². The van der Waals surface area contributed by atoms with E-state index in [1.165, 1.54) is 0 Å². The molecule has 0 aliphatic rings. The minimum absolute atomic E-state index is 0.00676. The predicted molar refractivity (Wildman–Crippen MR) is 72.6 cm³/mol. The minimum atomic E-state index is 0.00676.